The summed E-state index contributed by atoms with van der Waals surface area (Å²) in [6.07, 6.45) is 0.812. The zero-order valence-electron chi connectivity index (χ0n) is 9.97. The van der Waals surface area contributed by atoms with Gasteiger partial charge in [-0.2, -0.15) is 0 Å². The minimum Gasteiger partial charge on any atom is -0.480 e. The van der Waals surface area contributed by atoms with Crippen molar-refractivity contribution < 1.29 is 23.1 Å². The highest BCUT2D eigenvalue weighted by Gasteiger charge is 2.34. The summed E-state index contributed by atoms with van der Waals surface area (Å²) < 4.78 is 28.5. The Morgan fingerprint density at radius 2 is 1.88 bits per heavy atom. The van der Waals surface area contributed by atoms with Gasteiger partial charge in [-0.1, -0.05) is 20.8 Å². The third-order valence-electron chi connectivity index (χ3n) is 2.10. The summed E-state index contributed by atoms with van der Waals surface area (Å²) in [5.74, 6) is -1.96. The predicted molar refractivity (Wildman–Crippen MR) is 61.2 cm³/mol. The van der Waals surface area contributed by atoms with Crippen LogP contribution in [-0.4, -0.2) is 43.7 Å². The second-order valence-corrected chi connectivity index (χ2v) is 6.22. The van der Waals surface area contributed by atoms with E-state index in [4.69, 9.17) is 9.84 Å². The molecule has 0 radical (unpaired) electrons. The second-order valence-electron chi connectivity index (χ2n) is 3.98. The summed E-state index contributed by atoms with van der Waals surface area (Å²) in [6, 6.07) is 0. The zero-order valence-corrected chi connectivity index (χ0v) is 10.8. The maximum atomic E-state index is 11.7. The fourth-order valence-electron chi connectivity index (χ4n) is 1.40. The number of rotatable bonds is 8. The van der Waals surface area contributed by atoms with E-state index in [1.807, 2.05) is 6.92 Å². The van der Waals surface area contributed by atoms with E-state index in [9.17, 15) is 13.2 Å². The lowest BCUT2D eigenvalue weighted by molar-refractivity contribution is -0.137. The van der Waals surface area contributed by atoms with E-state index in [1.165, 1.54) is 0 Å². The van der Waals surface area contributed by atoms with Gasteiger partial charge in [0.25, 0.3) is 0 Å². The van der Waals surface area contributed by atoms with Crippen LogP contribution in [0.1, 0.15) is 27.2 Å². The molecule has 0 rings (SSSR count). The molecule has 0 saturated carbocycles. The Morgan fingerprint density at radius 3 is 2.25 bits per heavy atom. The Morgan fingerprint density at radius 1 is 1.31 bits per heavy atom. The van der Waals surface area contributed by atoms with Gasteiger partial charge < -0.3 is 9.84 Å². The van der Waals surface area contributed by atoms with Crippen LogP contribution < -0.4 is 0 Å². The molecule has 0 aliphatic heterocycles. The molecule has 5 nitrogen and oxygen atoms in total. The summed E-state index contributed by atoms with van der Waals surface area (Å²) in [5, 5.41) is 7.53. The average molecular weight is 252 g/mol. The molecule has 1 unspecified atom stereocenters. The van der Waals surface area contributed by atoms with Crippen LogP contribution in [0.5, 0.6) is 0 Å². The van der Waals surface area contributed by atoms with E-state index in [-0.39, 0.29) is 12.4 Å². The molecule has 0 heterocycles. The van der Waals surface area contributed by atoms with Gasteiger partial charge in [0, 0.05) is 6.61 Å². The molecule has 0 aromatic heterocycles. The summed E-state index contributed by atoms with van der Waals surface area (Å²) in [7, 11) is -3.63. The Balaban J connectivity index is 4.44. The van der Waals surface area contributed by atoms with Crippen molar-refractivity contribution in [2.24, 2.45) is 5.92 Å². The second kappa shape index (κ2) is 6.85. The molecule has 0 spiro atoms. The molecule has 1 atom stereocenters. The number of aliphatic carboxylic acids is 1. The van der Waals surface area contributed by atoms with Crippen molar-refractivity contribution in [3.8, 4) is 0 Å². The van der Waals surface area contributed by atoms with Crippen molar-refractivity contribution in [2.75, 3.05) is 19.0 Å². The fraction of sp³-hybridized carbons (Fsp3) is 0.900. The van der Waals surface area contributed by atoms with Crippen LogP contribution in [0.15, 0.2) is 0 Å². The SMILES string of the molecule is CCCOCCS(=O)(=O)C(C(=O)O)C(C)C. The number of hydrogen-bond donors (Lipinski definition) is 1. The van der Waals surface area contributed by atoms with Gasteiger partial charge in [0.05, 0.1) is 12.4 Å². The minimum atomic E-state index is -3.63. The molecule has 96 valence electrons. The van der Waals surface area contributed by atoms with E-state index >= 15 is 0 Å². The number of sulfone groups is 1. The normalized spacial score (nSPS) is 14.0. The molecule has 0 aromatic carbocycles. The minimum absolute atomic E-state index is 0.0622. The number of hydrogen-bond acceptors (Lipinski definition) is 4. The van der Waals surface area contributed by atoms with Gasteiger partial charge >= 0.3 is 5.97 Å². The Kier molecular flexibility index (Phi) is 6.59. The Hall–Kier alpha value is -0.620. The van der Waals surface area contributed by atoms with Crippen molar-refractivity contribution in [3.63, 3.8) is 0 Å². The van der Waals surface area contributed by atoms with Crippen molar-refractivity contribution in [1.29, 1.82) is 0 Å². The third kappa shape index (κ3) is 4.94. The Bertz CT molecular complexity index is 307. The maximum Gasteiger partial charge on any atom is 0.322 e. The average Bonchev–Trinajstić information content (AvgIpc) is 2.10. The van der Waals surface area contributed by atoms with E-state index in [1.54, 1.807) is 13.8 Å². The van der Waals surface area contributed by atoms with Crippen LogP contribution >= 0.6 is 0 Å². The van der Waals surface area contributed by atoms with E-state index in [0.717, 1.165) is 6.42 Å². The molecular weight excluding hydrogens is 232 g/mol. The summed E-state index contributed by atoms with van der Waals surface area (Å²) in [5.41, 5.74) is 0. The van der Waals surface area contributed by atoms with Crippen LogP contribution in [0.25, 0.3) is 0 Å². The smallest absolute Gasteiger partial charge is 0.322 e. The van der Waals surface area contributed by atoms with Crippen LogP contribution in [0.2, 0.25) is 0 Å². The molecule has 0 aromatic rings. The summed E-state index contributed by atoms with van der Waals surface area (Å²) in [4.78, 5) is 10.9. The van der Waals surface area contributed by atoms with Crippen LogP contribution in [0, 0.1) is 5.92 Å². The monoisotopic (exact) mass is 252 g/mol. The van der Waals surface area contributed by atoms with Crippen LogP contribution in [0.4, 0.5) is 0 Å². The molecule has 0 saturated heterocycles. The predicted octanol–water partition coefficient (Wildman–Crippen LogP) is 0.937. The van der Waals surface area contributed by atoms with Gasteiger partial charge in [0.1, 0.15) is 0 Å². The third-order valence-corrected chi connectivity index (χ3v) is 4.35. The van der Waals surface area contributed by atoms with Crippen LogP contribution in [-0.2, 0) is 19.4 Å². The highest BCUT2D eigenvalue weighted by atomic mass is 32.2. The van der Waals surface area contributed by atoms with E-state index in [0.29, 0.717) is 6.61 Å². The molecule has 0 amide bonds. The van der Waals surface area contributed by atoms with Crippen molar-refractivity contribution in [1.82, 2.24) is 0 Å². The van der Waals surface area contributed by atoms with Gasteiger partial charge in [-0.15, -0.1) is 0 Å². The first-order valence-corrected chi connectivity index (χ1v) is 7.06. The van der Waals surface area contributed by atoms with Crippen molar-refractivity contribution in [2.45, 2.75) is 32.4 Å². The van der Waals surface area contributed by atoms with Gasteiger partial charge in [-0.3, -0.25) is 4.79 Å². The molecule has 16 heavy (non-hydrogen) atoms. The molecular formula is C10H20O5S. The first-order valence-electron chi connectivity index (χ1n) is 5.35. The lowest BCUT2D eigenvalue weighted by Gasteiger charge is -2.16. The highest BCUT2D eigenvalue weighted by Crippen LogP contribution is 2.13. The quantitative estimate of drug-likeness (QED) is 0.650. The molecule has 1 N–H and O–H groups in total. The molecule has 0 bridgehead atoms. The summed E-state index contributed by atoms with van der Waals surface area (Å²) in [6.45, 7) is 5.65. The zero-order chi connectivity index (χ0) is 12.8. The van der Waals surface area contributed by atoms with Gasteiger partial charge in [-0.05, 0) is 12.3 Å². The van der Waals surface area contributed by atoms with E-state index in [2.05, 4.69) is 0 Å². The number of carbonyl (C=O) groups is 1. The highest BCUT2D eigenvalue weighted by molar-refractivity contribution is 7.92. The molecule has 0 fully saturated rings. The van der Waals surface area contributed by atoms with Gasteiger partial charge in [0.2, 0.25) is 0 Å². The Labute approximate surface area is 96.7 Å². The topological polar surface area (TPSA) is 80.7 Å². The lowest BCUT2D eigenvalue weighted by Crippen LogP contribution is -2.37. The molecule has 0 aliphatic carbocycles. The van der Waals surface area contributed by atoms with Crippen LogP contribution in [0.3, 0.4) is 0 Å². The van der Waals surface area contributed by atoms with E-state index < -0.39 is 27.0 Å². The first-order chi connectivity index (χ1) is 7.33. The summed E-state index contributed by atoms with van der Waals surface area (Å²) >= 11 is 0. The van der Waals surface area contributed by atoms with Gasteiger partial charge in [0.15, 0.2) is 15.1 Å². The number of carboxylic acid groups (broad SMARTS) is 1. The fourth-order valence-corrected chi connectivity index (χ4v) is 3.14. The largest absolute Gasteiger partial charge is 0.480 e. The van der Waals surface area contributed by atoms with Crippen molar-refractivity contribution >= 4 is 15.8 Å². The van der Waals surface area contributed by atoms with Crippen molar-refractivity contribution in [3.05, 3.63) is 0 Å². The maximum absolute atomic E-state index is 11.7. The number of carboxylic acids is 1. The first kappa shape index (κ1) is 15.4. The molecule has 0 aliphatic rings. The lowest BCUT2D eigenvalue weighted by atomic mass is 10.1. The van der Waals surface area contributed by atoms with Gasteiger partial charge in [-0.25, -0.2) is 8.42 Å². The number of ether oxygens (including phenoxy) is 1. The molecule has 6 heteroatoms. The standard InChI is InChI=1S/C10H20O5S/c1-4-5-15-6-7-16(13,14)9(8(2)3)10(11)12/h8-9H,4-7H2,1-3H3,(H,11,12).